The van der Waals surface area contributed by atoms with Crippen molar-refractivity contribution in [3.8, 4) is 6.07 Å². The lowest BCUT2D eigenvalue weighted by Gasteiger charge is -2.25. The zero-order valence-electron chi connectivity index (χ0n) is 12.2. The number of halogens is 2. The summed E-state index contributed by atoms with van der Waals surface area (Å²) in [6.07, 6.45) is 0. The van der Waals surface area contributed by atoms with Crippen molar-refractivity contribution in [2.24, 2.45) is 0 Å². The number of nitrogens with zero attached hydrogens (tertiary/aromatic N) is 1. The van der Waals surface area contributed by atoms with Crippen LogP contribution in [0.25, 0.3) is 0 Å². The molecule has 0 saturated carbocycles. The van der Waals surface area contributed by atoms with Crippen LogP contribution in [0.3, 0.4) is 0 Å². The van der Waals surface area contributed by atoms with Crippen LogP contribution in [-0.4, -0.2) is 14.5 Å². The van der Waals surface area contributed by atoms with E-state index in [1.165, 1.54) is 12.1 Å². The third-order valence-electron chi connectivity index (χ3n) is 3.25. The Bertz CT molecular complexity index is 813. The molecule has 2 rings (SSSR count). The third kappa shape index (κ3) is 4.04. The summed E-state index contributed by atoms with van der Waals surface area (Å²) in [5.41, 5.74) is 1.36. The maximum absolute atomic E-state index is 12.4. The molecule has 7 heteroatoms. The normalized spacial score (nSPS) is 13.3. The topological polar surface area (TPSA) is 70.0 Å². The van der Waals surface area contributed by atoms with Crippen LogP contribution in [0.2, 0.25) is 0 Å². The van der Waals surface area contributed by atoms with E-state index in [0.29, 0.717) is 5.56 Å². The Balaban J connectivity index is 2.32. The van der Waals surface area contributed by atoms with Gasteiger partial charge in [-0.05, 0) is 24.6 Å². The third-order valence-corrected chi connectivity index (χ3v) is 5.57. The van der Waals surface area contributed by atoms with Crippen molar-refractivity contribution >= 4 is 33.2 Å². The maximum Gasteiger partial charge on any atom is 0.241 e. The first-order chi connectivity index (χ1) is 10.8. The average Bonchev–Trinajstić information content (AvgIpc) is 2.53. The van der Waals surface area contributed by atoms with Crippen molar-refractivity contribution in [1.29, 1.82) is 5.26 Å². The Morgan fingerprint density at radius 1 is 1.09 bits per heavy atom. The SMILES string of the molecule is Cc1ccc(S(=O)(=O)NC(C#N)C(Cl)(Cl)c2ccccc2)cc1. The average molecular weight is 369 g/mol. The van der Waals surface area contributed by atoms with E-state index in [2.05, 4.69) is 4.72 Å². The summed E-state index contributed by atoms with van der Waals surface area (Å²) in [6, 6.07) is 15.2. The minimum absolute atomic E-state index is 0.0422. The van der Waals surface area contributed by atoms with Gasteiger partial charge in [0.2, 0.25) is 10.0 Å². The number of sulfonamides is 1. The molecule has 0 aromatic heterocycles. The fraction of sp³-hybridized carbons (Fsp3) is 0.188. The fourth-order valence-corrected chi connectivity index (χ4v) is 3.71. The van der Waals surface area contributed by atoms with Gasteiger partial charge in [-0.15, -0.1) is 0 Å². The lowest BCUT2D eigenvalue weighted by Crippen LogP contribution is -2.43. The van der Waals surface area contributed by atoms with E-state index in [4.69, 9.17) is 23.2 Å². The maximum atomic E-state index is 12.4. The van der Waals surface area contributed by atoms with Gasteiger partial charge in [-0.1, -0.05) is 71.2 Å². The van der Waals surface area contributed by atoms with E-state index >= 15 is 0 Å². The van der Waals surface area contributed by atoms with Crippen molar-refractivity contribution in [2.45, 2.75) is 22.2 Å². The van der Waals surface area contributed by atoms with Crippen LogP contribution < -0.4 is 4.72 Å². The molecule has 0 heterocycles. The van der Waals surface area contributed by atoms with Gasteiger partial charge in [0.05, 0.1) is 11.0 Å². The first-order valence-corrected chi connectivity index (χ1v) is 8.93. The van der Waals surface area contributed by atoms with Gasteiger partial charge in [0.1, 0.15) is 6.04 Å². The Kier molecular flexibility index (Phi) is 5.33. The van der Waals surface area contributed by atoms with Crippen LogP contribution in [-0.2, 0) is 14.4 Å². The minimum Gasteiger partial charge on any atom is -0.207 e. The van der Waals surface area contributed by atoms with Crippen molar-refractivity contribution in [3.05, 3.63) is 65.7 Å². The second kappa shape index (κ2) is 6.90. The monoisotopic (exact) mass is 368 g/mol. The van der Waals surface area contributed by atoms with Gasteiger partial charge in [0, 0.05) is 0 Å². The lowest BCUT2D eigenvalue weighted by molar-refractivity contribution is 0.562. The second-order valence-corrected chi connectivity index (χ2v) is 8.09. The molecular formula is C16H14Cl2N2O2S. The smallest absolute Gasteiger partial charge is 0.207 e. The van der Waals surface area contributed by atoms with Crippen LogP contribution in [0, 0.1) is 18.3 Å². The number of hydrogen-bond donors (Lipinski definition) is 1. The summed E-state index contributed by atoms with van der Waals surface area (Å²) >= 11 is 12.5. The highest BCUT2D eigenvalue weighted by Crippen LogP contribution is 2.37. The molecule has 0 aliphatic carbocycles. The first kappa shape index (κ1) is 17.8. The van der Waals surface area contributed by atoms with Gasteiger partial charge < -0.3 is 0 Å². The molecule has 0 bridgehead atoms. The summed E-state index contributed by atoms with van der Waals surface area (Å²) in [5, 5.41) is 9.33. The molecule has 4 nitrogen and oxygen atoms in total. The van der Waals surface area contributed by atoms with Crippen LogP contribution in [0.5, 0.6) is 0 Å². The molecular weight excluding hydrogens is 355 g/mol. The summed E-state index contributed by atoms with van der Waals surface area (Å²) in [4.78, 5) is 0.0422. The standard InChI is InChI=1S/C16H14Cl2N2O2S/c1-12-7-9-14(10-8-12)23(21,22)20-15(11-19)16(17,18)13-5-3-2-4-6-13/h2-10,15,20H,1H3. The van der Waals surface area contributed by atoms with Crippen LogP contribution in [0.15, 0.2) is 59.5 Å². The Morgan fingerprint density at radius 2 is 1.65 bits per heavy atom. The van der Waals surface area contributed by atoms with E-state index in [9.17, 15) is 13.7 Å². The van der Waals surface area contributed by atoms with Gasteiger partial charge >= 0.3 is 0 Å². The van der Waals surface area contributed by atoms with Crippen LogP contribution >= 0.6 is 23.2 Å². The Labute approximate surface area is 145 Å². The number of nitriles is 1. The molecule has 2 aromatic carbocycles. The molecule has 1 unspecified atom stereocenters. The Morgan fingerprint density at radius 3 is 2.17 bits per heavy atom. The van der Waals surface area contributed by atoms with E-state index in [1.54, 1.807) is 42.5 Å². The number of aryl methyl sites for hydroxylation is 1. The van der Waals surface area contributed by atoms with Crippen molar-refractivity contribution < 1.29 is 8.42 Å². The van der Waals surface area contributed by atoms with Crippen LogP contribution in [0.4, 0.5) is 0 Å². The highest BCUT2D eigenvalue weighted by Gasteiger charge is 2.39. The summed E-state index contributed by atoms with van der Waals surface area (Å²) in [5.74, 6) is 0. The largest absolute Gasteiger partial charge is 0.241 e. The van der Waals surface area contributed by atoms with E-state index in [-0.39, 0.29) is 4.90 Å². The second-order valence-electron chi connectivity index (χ2n) is 4.99. The number of benzene rings is 2. The predicted molar refractivity (Wildman–Crippen MR) is 90.7 cm³/mol. The predicted octanol–water partition coefficient (Wildman–Crippen LogP) is 3.50. The molecule has 0 aliphatic heterocycles. The molecule has 0 aliphatic rings. The number of nitrogens with one attached hydrogen (secondary N) is 1. The van der Waals surface area contributed by atoms with Crippen molar-refractivity contribution in [1.82, 2.24) is 4.72 Å². The summed E-state index contributed by atoms with van der Waals surface area (Å²) < 4.78 is 25.4. The quantitative estimate of drug-likeness (QED) is 0.821. The van der Waals surface area contributed by atoms with E-state index in [0.717, 1.165) is 5.56 Å². The summed E-state index contributed by atoms with van der Waals surface area (Å²) in [6.45, 7) is 1.85. The number of alkyl halides is 2. The fourth-order valence-electron chi connectivity index (χ4n) is 1.95. The van der Waals surface area contributed by atoms with Gasteiger partial charge in [0.25, 0.3) is 0 Å². The minimum atomic E-state index is -3.92. The number of rotatable bonds is 5. The molecule has 0 spiro atoms. The molecule has 0 amide bonds. The summed E-state index contributed by atoms with van der Waals surface area (Å²) in [7, 11) is -3.92. The first-order valence-electron chi connectivity index (χ1n) is 6.69. The van der Waals surface area contributed by atoms with Crippen LogP contribution in [0.1, 0.15) is 11.1 Å². The van der Waals surface area contributed by atoms with Gasteiger partial charge in [-0.3, -0.25) is 0 Å². The van der Waals surface area contributed by atoms with Crippen molar-refractivity contribution in [3.63, 3.8) is 0 Å². The molecule has 2 aromatic rings. The van der Waals surface area contributed by atoms with E-state index < -0.39 is 20.4 Å². The molecule has 23 heavy (non-hydrogen) atoms. The molecule has 0 radical (unpaired) electrons. The zero-order valence-corrected chi connectivity index (χ0v) is 14.5. The van der Waals surface area contributed by atoms with Crippen molar-refractivity contribution in [2.75, 3.05) is 0 Å². The molecule has 1 atom stereocenters. The lowest BCUT2D eigenvalue weighted by atomic mass is 10.1. The van der Waals surface area contributed by atoms with Gasteiger partial charge in [0.15, 0.2) is 4.33 Å². The molecule has 0 saturated heterocycles. The molecule has 1 N–H and O–H groups in total. The zero-order chi connectivity index (χ0) is 17.1. The Hall–Kier alpha value is -1.58. The van der Waals surface area contributed by atoms with E-state index in [1.807, 2.05) is 13.0 Å². The number of hydrogen-bond acceptors (Lipinski definition) is 3. The molecule has 120 valence electrons. The van der Waals surface area contributed by atoms with Gasteiger partial charge in [-0.2, -0.15) is 9.98 Å². The van der Waals surface area contributed by atoms with Gasteiger partial charge in [-0.25, -0.2) is 8.42 Å². The highest BCUT2D eigenvalue weighted by atomic mass is 35.5. The molecule has 0 fully saturated rings. The highest BCUT2D eigenvalue weighted by molar-refractivity contribution is 7.89.